The van der Waals surface area contributed by atoms with Crippen LogP contribution < -0.4 is 5.32 Å². The fraction of sp³-hybridized carbons (Fsp3) is 0.480. The SMILES string of the molecule is COC(=O)c1ccc([C@@H](C(=O)NC2CCCCC2)N(C(=O)Cc2cccs2)C2CC2)cc1. The molecule has 2 aliphatic carbocycles. The molecule has 0 bridgehead atoms. The summed E-state index contributed by atoms with van der Waals surface area (Å²) in [6.45, 7) is 0. The van der Waals surface area contributed by atoms with Gasteiger partial charge < -0.3 is 15.0 Å². The number of thiophene rings is 1. The molecular weight excluding hydrogens is 424 g/mol. The van der Waals surface area contributed by atoms with Gasteiger partial charge in [-0.25, -0.2) is 4.79 Å². The van der Waals surface area contributed by atoms with Crippen molar-refractivity contribution in [3.63, 3.8) is 0 Å². The van der Waals surface area contributed by atoms with Crippen LogP contribution in [0.5, 0.6) is 0 Å². The number of methoxy groups -OCH3 is 1. The van der Waals surface area contributed by atoms with Crippen molar-refractivity contribution in [2.24, 2.45) is 0 Å². The molecule has 1 aromatic carbocycles. The molecule has 0 radical (unpaired) electrons. The molecule has 1 aromatic heterocycles. The van der Waals surface area contributed by atoms with Crippen molar-refractivity contribution >= 4 is 29.1 Å². The van der Waals surface area contributed by atoms with Gasteiger partial charge in [-0.15, -0.1) is 11.3 Å². The molecule has 0 aliphatic heterocycles. The van der Waals surface area contributed by atoms with Gasteiger partial charge >= 0.3 is 5.97 Å². The lowest BCUT2D eigenvalue weighted by molar-refractivity contribution is -0.141. The monoisotopic (exact) mass is 454 g/mol. The fourth-order valence-corrected chi connectivity index (χ4v) is 5.15. The van der Waals surface area contributed by atoms with Crippen molar-refractivity contribution in [3.8, 4) is 0 Å². The van der Waals surface area contributed by atoms with E-state index < -0.39 is 12.0 Å². The Bertz CT molecular complexity index is 931. The van der Waals surface area contributed by atoms with Crippen LogP contribution in [-0.2, 0) is 20.7 Å². The second-order valence-electron chi connectivity index (χ2n) is 8.65. The van der Waals surface area contributed by atoms with Gasteiger partial charge in [0.05, 0.1) is 19.1 Å². The number of carbonyl (C=O) groups is 3. The van der Waals surface area contributed by atoms with Crippen LogP contribution in [0.3, 0.4) is 0 Å². The Kier molecular flexibility index (Phi) is 7.25. The molecule has 0 unspecified atom stereocenters. The molecule has 2 fully saturated rings. The van der Waals surface area contributed by atoms with Crippen LogP contribution in [0.2, 0.25) is 0 Å². The quantitative estimate of drug-likeness (QED) is 0.605. The third kappa shape index (κ3) is 5.38. The number of benzene rings is 1. The van der Waals surface area contributed by atoms with E-state index >= 15 is 0 Å². The maximum Gasteiger partial charge on any atom is 0.337 e. The average molecular weight is 455 g/mol. The summed E-state index contributed by atoms with van der Waals surface area (Å²) in [6, 6.07) is 10.3. The van der Waals surface area contributed by atoms with E-state index in [0.29, 0.717) is 12.0 Å². The van der Waals surface area contributed by atoms with Crippen molar-refractivity contribution in [1.82, 2.24) is 10.2 Å². The summed E-state index contributed by atoms with van der Waals surface area (Å²) >= 11 is 1.55. The van der Waals surface area contributed by atoms with Crippen LogP contribution in [0.4, 0.5) is 0 Å². The first-order chi connectivity index (χ1) is 15.6. The minimum absolute atomic E-state index is 0.0317. The van der Waals surface area contributed by atoms with E-state index in [1.165, 1.54) is 13.5 Å². The van der Waals surface area contributed by atoms with E-state index in [2.05, 4.69) is 5.32 Å². The molecule has 6 nitrogen and oxygen atoms in total. The lowest BCUT2D eigenvalue weighted by atomic mass is 9.94. The van der Waals surface area contributed by atoms with E-state index in [-0.39, 0.29) is 23.9 Å². The van der Waals surface area contributed by atoms with Gasteiger partial charge in [0.2, 0.25) is 11.8 Å². The third-order valence-electron chi connectivity index (χ3n) is 6.26. The molecule has 1 heterocycles. The third-order valence-corrected chi connectivity index (χ3v) is 7.14. The first-order valence-corrected chi connectivity index (χ1v) is 12.3. The number of ether oxygens (including phenoxy) is 1. The molecule has 1 N–H and O–H groups in total. The number of rotatable bonds is 8. The highest BCUT2D eigenvalue weighted by Crippen LogP contribution is 2.36. The summed E-state index contributed by atoms with van der Waals surface area (Å²) in [5, 5.41) is 5.18. The van der Waals surface area contributed by atoms with Gasteiger partial charge in [-0.1, -0.05) is 37.5 Å². The molecule has 32 heavy (non-hydrogen) atoms. The zero-order valence-electron chi connectivity index (χ0n) is 18.4. The predicted octanol–water partition coefficient (Wildman–Crippen LogP) is 4.26. The van der Waals surface area contributed by atoms with E-state index in [1.807, 2.05) is 17.5 Å². The summed E-state index contributed by atoms with van der Waals surface area (Å²) in [6.07, 6.45) is 7.51. The summed E-state index contributed by atoms with van der Waals surface area (Å²) in [5.74, 6) is -0.586. The maximum atomic E-state index is 13.6. The Morgan fingerprint density at radius 3 is 2.38 bits per heavy atom. The molecule has 2 aliphatic rings. The van der Waals surface area contributed by atoms with Gasteiger partial charge in [-0.05, 0) is 54.8 Å². The standard InChI is InChI=1S/C25H30N2O4S/c1-31-25(30)18-11-9-17(10-12-18)23(24(29)26-19-6-3-2-4-7-19)27(20-13-14-20)22(28)16-21-8-5-15-32-21/h5,8-12,15,19-20,23H,2-4,6-7,13-14,16H2,1H3,(H,26,29)/t23-/m0/s1. The van der Waals surface area contributed by atoms with Gasteiger partial charge in [0.15, 0.2) is 0 Å². The molecule has 2 saturated carbocycles. The average Bonchev–Trinajstić information content (AvgIpc) is 3.52. The van der Waals surface area contributed by atoms with E-state index in [1.54, 1.807) is 40.5 Å². The second kappa shape index (κ2) is 10.3. The van der Waals surface area contributed by atoms with Crippen molar-refractivity contribution in [3.05, 3.63) is 57.8 Å². The smallest absolute Gasteiger partial charge is 0.337 e. The first kappa shape index (κ1) is 22.5. The number of nitrogens with zero attached hydrogens (tertiary/aromatic N) is 1. The number of amides is 2. The minimum Gasteiger partial charge on any atom is -0.465 e. The number of hydrogen-bond acceptors (Lipinski definition) is 5. The largest absolute Gasteiger partial charge is 0.465 e. The highest BCUT2D eigenvalue weighted by molar-refractivity contribution is 7.10. The minimum atomic E-state index is -0.705. The van der Waals surface area contributed by atoms with Crippen molar-refractivity contribution < 1.29 is 19.1 Å². The molecule has 0 spiro atoms. The molecule has 170 valence electrons. The first-order valence-electron chi connectivity index (χ1n) is 11.4. The fourth-order valence-electron chi connectivity index (χ4n) is 4.45. The second-order valence-corrected chi connectivity index (χ2v) is 9.68. The summed E-state index contributed by atoms with van der Waals surface area (Å²) in [4.78, 5) is 41.6. The molecule has 2 aromatic rings. The molecule has 2 amide bonds. The lowest BCUT2D eigenvalue weighted by Crippen LogP contribution is -2.48. The van der Waals surface area contributed by atoms with Crippen LogP contribution in [0, 0.1) is 0 Å². The predicted molar refractivity (Wildman–Crippen MR) is 123 cm³/mol. The van der Waals surface area contributed by atoms with Crippen LogP contribution in [0.15, 0.2) is 41.8 Å². The number of nitrogens with one attached hydrogen (secondary N) is 1. The Balaban J connectivity index is 1.62. The van der Waals surface area contributed by atoms with Crippen molar-refractivity contribution in [2.45, 2.75) is 69.5 Å². The Morgan fingerprint density at radius 2 is 1.78 bits per heavy atom. The highest BCUT2D eigenvalue weighted by Gasteiger charge is 2.41. The summed E-state index contributed by atoms with van der Waals surface area (Å²) in [7, 11) is 1.34. The topological polar surface area (TPSA) is 75.7 Å². The molecular formula is C25H30N2O4S. The number of hydrogen-bond donors (Lipinski definition) is 1. The van der Waals surface area contributed by atoms with Gasteiger partial charge in [0, 0.05) is 17.0 Å². The van der Waals surface area contributed by atoms with Crippen LogP contribution >= 0.6 is 11.3 Å². The molecule has 1 atom stereocenters. The molecule has 7 heteroatoms. The van der Waals surface area contributed by atoms with Crippen molar-refractivity contribution in [1.29, 1.82) is 0 Å². The zero-order chi connectivity index (χ0) is 22.5. The van der Waals surface area contributed by atoms with Gasteiger partial charge in [-0.2, -0.15) is 0 Å². The zero-order valence-corrected chi connectivity index (χ0v) is 19.2. The number of carbonyl (C=O) groups excluding carboxylic acids is 3. The van der Waals surface area contributed by atoms with Crippen molar-refractivity contribution in [2.75, 3.05) is 7.11 Å². The van der Waals surface area contributed by atoms with Gasteiger partial charge in [0.1, 0.15) is 6.04 Å². The van der Waals surface area contributed by atoms with E-state index in [9.17, 15) is 14.4 Å². The van der Waals surface area contributed by atoms with E-state index in [0.717, 1.165) is 49.0 Å². The lowest BCUT2D eigenvalue weighted by Gasteiger charge is -2.33. The Morgan fingerprint density at radius 1 is 1.06 bits per heavy atom. The van der Waals surface area contributed by atoms with Gasteiger partial charge in [0.25, 0.3) is 0 Å². The summed E-state index contributed by atoms with van der Waals surface area (Å²) in [5.41, 5.74) is 1.14. The number of esters is 1. The Hall–Kier alpha value is -2.67. The van der Waals surface area contributed by atoms with E-state index in [4.69, 9.17) is 4.74 Å². The molecule has 0 saturated heterocycles. The van der Waals surface area contributed by atoms with Crippen LogP contribution in [0.1, 0.15) is 71.8 Å². The molecule has 4 rings (SSSR count). The normalized spacial score (nSPS) is 17.4. The van der Waals surface area contributed by atoms with Crippen LogP contribution in [-0.4, -0.2) is 41.9 Å². The van der Waals surface area contributed by atoms with Crippen LogP contribution in [0.25, 0.3) is 0 Å². The maximum absolute atomic E-state index is 13.6. The summed E-state index contributed by atoms with van der Waals surface area (Å²) < 4.78 is 4.80. The highest BCUT2D eigenvalue weighted by atomic mass is 32.1. The Labute approximate surface area is 192 Å². The van der Waals surface area contributed by atoms with Gasteiger partial charge in [-0.3, -0.25) is 9.59 Å².